The molecule has 96 heavy (non-hydrogen) atoms. The summed E-state index contributed by atoms with van der Waals surface area (Å²) in [5.41, 5.74) is 53.7. The van der Waals surface area contributed by atoms with Crippen molar-refractivity contribution in [2.24, 2.45) is 85.3 Å². The molecule has 0 bridgehead atoms. The van der Waals surface area contributed by atoms with Gasteiger partial charge in [-0.25, -0.2) is 4.79 Å². The maximum absolute atomic E-state index is 13.9. The van der Waals surface area contributed by atoms with Gasteiger partial charge in [0.1, 0.15) is 18.7 Å². The Morgan fingerprint density at radius 3 is 1.21 bits per heavy atom. The minimum absolute atomic E-state index is 0.0690. The molecule has 2 saturated heterocycles. The number of primary amides is 2. The summed E-state index contributed by atoms with van der Waals surface area (Å²) in [7, 11) is 0. The maximum atomic E-state index is 13.9. The van der Waals surface area contributed by atoms with Crippen LogP contribution in [0.1, 0.15) is 132 Å². The number of carbonyl (C=O) groups excluding carboxylic acids is 9. The van der Waals surface area contributed by atoms with Gasteiger partial charge < -0.3 is 92.4 Å². The molecule has 0 aliphatic carbocycles. The zero-order valence-electron chi connectivity index (χ0n) is 55.4. The number of nitrogens with zero attached hydrogens (tertiary/aromatic N) is 2. The summed E-state index contributed by atoms with van der Waals surface area (Å²) in [6, 6.07) is 22.5. The van der Waals surface area contributed by atoms with Crippen LogP contribution in [0, 0.1) is 23.7 Å². The first kappa shape index (κ1) is 79.9. The molecular weight excluding hydrogens is 1230 g/mol. The Hall–Kier alpha value is -8.57. The molecular formula is C68H106N16O12. The van der Waals surface area contributed by atoms with Gasteiger partial charge in [-0.3, -0.25) is 48.3 Å². The summed E-state index contributed by atoms with van der Waals surface area (Å²) in [6.07, 6.45) is 7.74. The van der Waals surface area contributed by atoms with E-state index in [1.165, 1.54) is 0 Å². The van der Waals surface area contributed by atoms with Crippen LogP contribution >= 0.6 is 0 Å². The molecule has 2 aliphatic heterocycles. The number of aliphatic imine (C=N–C) groups is 2. The zero-order valence-corrected chi connectivity index (χ0v) is 55.4. The SMILES string of the molecule is NC(=O)[C@H](CCCCNC(=O)OCc1ccccc1)NC(=O)[C@@H](CC(=O)[C@@H](CCCN=C(N)N)NC(=O)[C@@H](N)Cc1ccccc1)CC1CCOCC1.NCCCC[C@H](NC(=O)[C@@H](CC(=O)[C@@H](CCCN=C(N)N)NC(=O)[C@@H](N)Cc1ccccc1)CC1CCOCC1)C(N)=O. The fraction of sp³-hybridized carbons (Fsp3) is 0.574. The number of alkyl carbamates (subject to hydrolysis) is 1. The van der Waals surface area contributed by atoms with Crippen molar-refractivity contribution in [3.8, 4) is 0 Å². The molecule has 23 N–H and O–H groups in total. The molecule has 2 aliphatic rings. The van der Waals surface area contributed by atoms with Crippen LogP contribution in [0.15, 0.2) is 101 Å². The van der Waals surface area contributed by atoms with Gasteiger partial charge in [-0.2, -0.15) is 0 Å². The molecule has 3 aromatic carbocycles. The molecule has 5 rings (SSSR count). The van der Waals surface area contributed by atoms with Gasteiger partial charge in [-0.15, -0.1) is 0 Å². The van der Waals surface area contributed by atoms with Gasteiger partial charge in [0.05, 0.1) is 24.2 Å². The second-order valence-corrected chi connectivity index (χ2v) is 24.6. The number of Topliss-reactive ketones (excluding diaryl/α,β-unsaturated/α-hetero) is 2. The molecule has 7 amide bonds. The van der Waals surface area contributed by atoms with E-state index in [1.54, 1.807) is 0 Å². The van der Waals surface area contributed by atoms with E-state index in [0.717, 1.165) is 42.4 Å². The van der Waals surface area contributed by atoms with Gasteiger partial charge in [0, 0.05) is 70.7 Å². The van der Waals surface area contributed by atoms with Crippen LogP contribution in [0.4, 0.5) is 4.79 Å². The van der Waals surface area contributed by atoms with Crippen LogP contribution in [0.5, 0.6) is 0 Å². The first-order valence-corrected chi connectivity index (χ1v) is 33.5. The van der Waals surface area contributed by atoms with Crippen LogP contribution in [-0.4, -0.2) is 154 Å². The summed E-state index contributed by atoms with van der Waals surface area (Å²) in [5.74, 6) is -5.21. The average Bonchev–Trinajstić information content (AvgIpc) is 0.993. The molecule has 8 atom stereocenters. The minimum Gasteiger partial charge on any atom is -0.445 e. The minimum atomic E-state index is -0.981. The quantitative estimate of drug-likeness (QED) is 0.0215. The first-order chi connectivity index (χ1) is 46.1. The van der Waals surface area contributed by atoms with E-state index in [1.807, 2.05) is 91.0 Å². The molecule has 28 nitrogen and oxygen atoms in total. The summed E-state index contributed by atoms with van der Waals surface area (Å²) in [6.45, 7) is 3.69. The average molecular weight is 1340 g/mol. The fourth-order valence-corrected chi connectivity index (χ4v) is 11.3. The lowest BCUT2D eigenvalue weighted by molar-refractivity contribution is -0.134. The van der Waals surface area contributed by atoms with Crippen molar-refractivity contribution in [2.75, 3.05) is 52.6 Å². The Bertz CT molecular complexity index is 2890. The highest BCUT2D eigenvalue weighted by Gasteiger charge is 2.35. The van der Waals surface area contributed by atoms with Crippen LogP contribution < -0.4 is 78.2 Å². The summed E-state index contributed by atoms with van der Waals surface area (Å²) in [5, 5.41) is 13.8. The molecule has 28 heteroatoms. The van der Waals surface area contributed by atoms with E-state index in [9.17, 15) is 43.2 Å². The standard InChI is InChI=1S/C38H56N8O7.C30H50N8O5/c39-30(23-26-10-3-1-4-11-26)36(50)45-31(15-9-19-43-37(41)42)33(47)24-29(22-27-16-20-52-21-17-27)35(49)46-32(34(40)48)14-7-8-18-44-38(51)53-25-28-12-5-2-6-13-28;31-13-5-4-9-25(27(33)40)38-28(41)22(17-21-11-15-43-16-12-21)19-26(39)24(10-6-14-36-30(34)35)37-29(42)23(32)18-20-7-2-1-3-8-20/h1-6,10-13,27,29-32H,7-9,14-25,39H2,(H2,40,48)(H,44,51)(H,45,50)(H,46,49)(H4,41,42,43);1-3,7-8,21-25H,4-6,9-19,31-32H2,(H2,33,40)(H,37,42)(H,38,41)(H4,34,35,36)/t29-,30+,31-,32+;22-,23+,24-,25+/m11/s1. The smallest absolute Gasteiger partial charge is 0.407 e. The zero-order chi connectivity index (χ0) is 70.0. The predicted octanol–water partition coefficient (Wildman–Crippen LogP) is 1.14. The third kappa shape index (κ3) is 33.2. The fourth-order valence-electron chi connectivity index (χ4n) is 11.3. The number of hydrogen-bond acceptors (Lipinski definition) is 17. The number of rotatable bonds is 43. The third-order valence-electron chi connectivity index (χ3n) is 16.8. The number of guanidine groups is 2. The highest BCUT2D eigenvalue weighted by Crippen LogP contribution is 2.28. The number of nitrogens with one attached hydrogen (secondary N) is 5. The number of ketones is 2. The van der Waals surface area contributed by atoms with Crippen LogP contribution in [-0.2, 0) is 72.0 Å². The lowest BCUT2D eigenvalue weighted by Gasteiger charge is -2.28. The lowest BCUT2D eigenvalue weighted by atomic mass is 9.84. The Morgan fingerprint density at radius 2 is 0.833 bits per heavy atom. The van der Waals surface area contributed by atoms with E-state index < -0.39 is 89.6 Å². The molecule has 0 saturated carbocycles. The van der Waals surface area contributed by atoms with Crippen molar-refractivity contribution in [2.45, 2.75) is 171 Å². The Labute approximate surface area is 563 Å². The third-order valence-corrected chi connectivity index (χ3v) is 16.8. The van der Waals surface area contributed by atoms with Gasteiger partial charge in [-0.05, 0) is 151 Å². The molecule has 2 heterocycles. The monoisotopic (exact) mass is 1340 g/mol. The predicted molar refractivity (Wildman–Crippen MR) is 366 cm³/mol. The van der Waals surface area contributed by atoms with Crippen molar-refractivity contribution >= 4 is 65.0 Å². The molecule has 530 valence electrons. The van der Waals surface area contributed by atoms with Crippen molar-refractivity contribution in [1.82, 2.24) is 26.6 Å². The highest BCUT2D eigenvalue weighted by atomic mass is 16.5. The van der Waals surface area contributed by atoms with E-state index in [-0.39, 0.29) is 93.5 Å². The van der Waals surface area contributed by atoms with Gasteiger partial charge in [0.15, 0.2) is 23.5 Å². The molecule has 0 unspecified atom stereocenters. The van der Waals surface area contributed by atoms with E-state index in [0.29, 0.717) is 104 Å². The highest BCUT2D eigenvalue weighted by molar-refractivity contribution is 5.96. The summed E-state index contributed by atoms with van der Waals surface area (Å²) in [4.78, 5) is 126. The summed E-state index contributed by atoms with van der Waals surface area (Å²) < 4.78 is 16.2. The molecule has 3 aromatic rings. The van der Waals surface area contributed by atoms with E-state index in [4.69, 9.17) is 65.8 Å². The normalized spacial score (nSPS) is 15.7. The Balaban J connectivity index is 0.000000418. The van der Waals surface area contributed by atoms with Crippen LogP contribution in [0.25, 0.3) is 0 Å². The number of ether oxygens (including phenoxy) is 3. The second kappa shape index (κ2) is 45.7. The molecule has 0 spiro atoms. The van der Waals surface area contributed by atoms with Crippen molar-refractivity contribution in [1.29, 1.82) is 0 Å². The van der Waals surface area contributed by atoms with E-state index >= 15 is 0 Å². The lowest BCUT2D eigenvalue weighted by Crippen LogP contribution is -2.51. The topological polar surface area (TPSA) is 500 Å². The van der Waals surface area contributed by atoms with Gasteiger partial charge >= 0.3 is 6.09 Å². The van der Waals surface area contributed by atoms with Crippen molar-refractivity contribution in [3.63, 3.8) is 0 Å². The summed E-state index contributed by atoms with van der Waals surface area (Å²) >= 11 is 0. The molecule has 0 radical (unpaired) electrons. The van der Waals surface area contributed by atoms with Crippen LogP contribution in [0.3, 0.4) is 0 Å². The number of hydrogen-bond donors (Lipinski definition) is 14. The first-order valence-electron chi connectivity index (χ1n) is 33.5. The number of carbonyl (C=O) groups is 9. The number of unbranched alkanes of at least 4 members (excludes halogenated alkanes) is 2. The van der Waals surface area contributed by atoms with Gasteiger partial charge in [-0.1, -0.05) is 91.0 Å². The largest absolute Gasteiger partial charge is 0.445 e. The Morgan fingerprint density at radius 1 is 0.469 bits per heavy atom. The van der Waals surface area contributed by atoms with Crippen molar-refractivity contribution < 1.29 is 57.4 Å². The Kier molecular flexibility index (Phi) is 38.1. The molecule has 0 aromatic heterocycles. The second-order valence-electron chi connectivity index (χ2n) is 24.6. The maximum Gasteiger partial charge on any atom is 0.407 e. The number of benzene rings is 3. The van der Waals surface area contributed by atoms with Crippen LogP contribution in [0.2, 0.25) is 0 Å². The number of amides is 7. The van der Waals surface area contributed by atoms with Gasteiger partial charge in [0.2, 0.25) is 35.4 Å². The van der Waals surface area contributed by atoms with Gasteiger partial charge in [0.25, 0.3) is 0 Å². The number of nitrogens with two attached hydrogens (primary N) is 9. The van der Waals surface area contributed by atoms with Crippen molar-refractivity contribution in [3.05, 3.63) is 108 Å². The molecule has 2 fully saturated rings. The van der Waals surface area contributed by atoms with E-state index in [2.05, 4.69) is 36.6 Å².